The van der Waals surface area contributed by atoms with Crippen molar-refractivity contribution in [2.75, 3.05) is 32.8 Å². The summed E-state index contributed by atoms with van der Waals surface area (Å²) in [6.07, 6.45) is 8.30. The van der Waals surface area contributed by atoms with Crippen LogP contribution in [-0.2, 0) is 21.5 Å². The molecule has 6 heteroatoms. The Kier molecular flexibility index (Phi) is 6.07. The van der Waals surface area contributed by atoms with Gasteiger partial charge in [-0.15, -0.1) is 0 Å². The van der Waals surface area contributed by atoms with E-state index in [2.05, 4.69) is 34.7 Å². The number of amides is 1. The Hall–Kier alpha value is -2.18. The molecule has 1 amide bonds. The lowest BCUT2D eigenvalue weighted by Gasteiger charge is -2.42. The number of ether oxygens (including phenoxy) is 1. The molecule has 1 N–H and O–H groups in total. The molecule has 0 unspecified atom stereocenters. The Morgan fingerprint density at radius 2 is 1.89 bits per heavy atom. The molecule has 0 aliphatic carbocycles. The van der Waals surface area contributed by atoms with Gasteiger partial charge < -0.3 is 15.0 Å². The second-order valence-electron chi connectivity index (χ2n) is 7.83. The van der Waals surface area contributed by atoms with Crippen LogP contribution in [-0.4, -0.2) is 59.5 Å². The number of carbonyl (C=O) groups is 1. The van der Waals surface area contributed by atoms with Crippen molar-refractivity contribution in [1.82, 2.24) is 20.0 Å². The largest absolute Gasteiger partial charge is 0.378 e. The minimum atomic E-state index is -0.532. The molecular formula is C22H30N4O2. The number of hydrogen-bond acceptors (Lipinski definition) is 4. The molecular weight excluding hydrogens is 352 g/mol. The smallest absolute Gasteiger partial charge is 0.250 e. The van der Waals surface area contributed by atoms with Crippen LogP contribution in [0, 0.1) is 0 Å². The molecule has 0 atom stereocenters. The van der Waals surface area contributed by atoms with E-state index >= 15 is 0 Å². The maximum atomic E-state index is 13.5. The van der Waals surface area contributed by atoms with Crippen LogP contribution in [0.3, 0.4) is 0 Å². The number of nitrogens with zero attached hydrogens (tertiary/aromatic N) is 3. The van der Waals surface area contributed by atoms with Gasteiger partial charge in [0.15, 0.2) is 0 Å². The first-order valence-electron chi connectivity index (χ1n) is 10.4. The van der Waals surface area contributed by atoms with Crippen molar-refractivity contribution in [2.45, 2.75) is 43.7 Å². The van der Waals surface area contributed by atoms with Crippen molar-refractivity contribution < 1.29 is 9.53 Å². The van der Waals surface area contributed by atoms with E-state index in [-0.39, 0.29) is 12.0 Å². The van der Waals surface area contributed by atoms with Crippen LogP contribution < -0.4 is 5.32 Å². The molecule has 150 valence electrons. The standard InChI is InChI=1S/C22H30N4O2/c27-21(22(10-13-23-14-11-22)26-15-4-12-24-26)25-16-7-20(8-17-25)28-18-9-19-5-2-1-3-6-19/h1-6,12,15,20,23H,7-11,13-14,16-18H2. The number of rotatable bonds is 6. The molecule has 6 nitrogen and oxygen atoms in total. The van der Waals surface area contributed by atoms with E-state index in [1.165, 1.54) is 5.56 Å². The van der Waals surface area contributed by atoms with Crippen LogP contribution in [0.5, 0.6) is 0 Å². The van der Waals surface area contributed by atoms with Crippen LogP contribution in [0.15, 0.2) is 48.8 Å². The zero-order chi connectivity index (χ0) is 19.2. The number of benzene rings is 1. The summed E-state index contributed by atoms with van der Waals surface area (Å²) in [6, 6.07) is 12.3. The highest BCUT2D eigenvalue weighted by molar-refractivity contribution is 5.84. The summed E-state index contributed by atoms with van der Waals surface area (Å²) in [5.41, 5.74) is 0.776. The number of carbonyl (C=O) groups excluding carboxylic acids is 1. The first-order valence-corrected chi connectivity index (χ1v) is 10.4. The lowest BCUT2D eigenvalue weighted by atomic mass is 9.86. The SMILES string of the molecule is O=C(N1CCC(OCCc2ccccc2)CC1)C1(n2cccn2)CCNCC1. The monoisotopic (exact) mass is 382 g/mol. The molecule has 2 aliphatic rings. The molecule has 0 spiro atoms. The molecule has 2 aromatic rings. The molecule has 0 radical (unpaired) electrons. The minimum absolute atomic E-state index is 0.223. The van der Waals surface area contributed by atoms with Crippen molar-refractivity contribution >= 4 is 5.91 Å². The molecule has 3 heterocycles. The second-order valence-corrected chi connectivity index (χ2v) is 7.83. The van der Waals surface area contributed by atoms with Gasteiger partial charge in [-0.25, -0.2) is 0 Å². The van der Waals surface area contributed by atoms with Gasteiger partial charge in [-0.2, -0.15) is 5.10 Å². The van der Waals surface area contributed by atoms with E-state index in [1.54, 1.807) is 6.20 Å². The third-order valence-corrected chi connectivity index (χ3v) is 6.09. The molecule has 0 bridgehead atoms. The first kappa shape index (κ1) is 19.2. The molecule has 28 heavy (non-hydrogen) atoms. The zero-order valence-electron chi connectivity index (χ0n) is 16.4. The van der Waals surface area contributed by atoms with E-state index in [9.17, 15) is 4.79 Å². The zero-order valence-corrected chi connectivity index (χ0v) is 16.4. The van der Waals surface area contributed by atoms with Gasteiger partial charge in [0.2, 0.25) is 0 Å². The van der Waals surface area contributed by atoms with Crippen LogP contribution in [0.25, 0.3) is 0 Å². The number of nitrogens with one attached hydrogen (secondary N) is 1. The maximum absolute atomic E-state index is 13.5. The van der Waals surface area contributed by atoms with Gasteiger partial charge in [-0.1, -0.05) is 30.3 Å². The molecule has 2 saturated heterocycles. The van der Waals surface area contributed by atoms with E-state index in [0.29, 0.717) is 0 Å². The van der Waals surface area contributed by atoms with E-state index in [0.717, 1.165) is 64.9 Å². The van der Waals surface area contributed by atoms with Gasteiger partial charge in [0.1, 0.15) is 5.54 Å². The van der Waals surface area contributed by atoms with Gasteiger partial charge in [0.05, 0.1) is 12.7 Å². The van der Waals surface area contributed by atoms with Gasteiger partial charge in [-0.3, -0.25) is 9.48 Å². The molecule has 0 saturated carbocycles. The maximum Gasteiger partial charge on any atom is 0.250 e. The first-order chi connectivity index (χ1) is 13.8. The highest BCUT2D eigenvalue weighted by Gasteiger charge is 2.45. The highest BCUT2D eigenvalue weighted by atomic mass is 16.5. The Labute approximate surface area is 166 Å². The Morgan fingerprint density at radius 1 is 1.14 bits per heavy atom. The third-order valence-electron chi connectivity index (χ3n) is 6.09. The van der Waals surface area contributed by atoms with Crippen molar-refractivity contribution in [3.05, 3.63) is 54.4 Å². The van der Waals surface area contributed by atoms with Gasteiger partial charge in [0, 0.05) is 25.5 Å². The van der Waals surface area contributed by atoms with Gasteiger partial charge in [0.25, 0.3) is 5.91 Å². The number of aromatic nitrogens is 2. The quantitative estimate of drug-likeness (QED) is 0.832. The van der Waals surface area contributed by atoms with Crippen molar-refractivity contribution in [3.8, 4) is 0 Å². The molecule has 1 aromatic heterocycles. The fraction of sp³-hybridized carbons (Fsp3) is 0.545. The summed E-state index contributed by atoms with van der Waals surface area (Å²) in [4.78, 5) is 15.5. The van der Waals surface area contributed by atoms with Crippen LogP contribution in [0.2, 0.25) is 0 Å². The van der Waals surface area contributed by atoms with Crippen LogP contribution >= 0.6 is 0 Å². The minimum Gasteiger partial charge on any atom is -0.378 e. The van der Waals surface area contributed by atoms with Crippen molar-refractivity contribution in [3.63, 3.8) is 0 Å². The summed E-state index contributed by atoms with van der Waals surface area (Å²) < 4.78 is 7.98. The van der Waals surface area contributed by atoms with Gasteiger partial charge >= 0.3 is 0 Å². The van der Waals surface area contributed by atoms with E-state index in [4.69, 9.17) is 4.74 Å². The van der Waals surface area contributed by atoms with E-state index < -0.39 is 5.54 Å². The number of hydrogen-bond donors (Lipinski definition) is 1. The third kappa shape index (κ3) is 4.13. The number of piperidine rings is 2. The lowest BCUT2D eigenvalue weighted by Crippen LogP contribution is -2.57. The normalized spacial score (nSPS) is 20.2. The second kappa shape index (κ2) is 8.88. The fourth-order valence-corrected chi connectivity index (χ4v) is 4.41. The van der Waals surface area contributed by atoms with Crippen LogP contribution in [0.4, 0.5) is 0 Å². The Bertz CT molecular complexity index is 733. The lowest BCUT2D eigenvalue weighted by molar-refractivity contribution is -0.145. The summed E-state index contributed by atoms with van der Waals surface area (Å²) in [7, 11) is 0. The predicted octanol–water partition coefficient (Wildman–Crippen LogP) is 2.21. The van der Waals surface area contributed by atoms with Crippen LogP contribution in [0.1, 0.15) is 31.2 Å². The van der Waals surface area contributed by atoms with E-state index in [1.807, 2.05) is 27.9 Å². The van der Waals surface area contributed by atoms with Crippen molar-refractivity contribution in [2.24, 2.45) is 0 Å². The Morgan fingerprint density at radius 3 is 2.57 bits per heavy atom. The highest BCUT2D eigenvalue weighted by Crippen LogP contribution is 2.31. The molecule has 2 fully saturated rings. The fourth-order valence-electron chi connectivity index (χ4n) is 4.41. The average Bonchev–Trinajstić information content (AvgIpc) is 3.31. The number of likely N-dealkylation sites (tertiary alicyclic amines) is 1. The van der Waals surface area contributed by atoms with Gasteiger partial charge in [-0.05, 0) is 56.8 Å². The molecule has 1 aromatic carbocycles. The molecule has 2 aliphatic heterocycles. The summed E-state index contributed by atoms with van der Waals surface area (Å²) in [6.45, 7) is 3.98. The summed E-state index contributed by atoms with van der Waals surface area (Å²) in [5, 5.41) is 7.80. The van der Waals surface area contributed by atoms with Crippen molar-refractivity contribution in [1.29, 1.82) is 0 Å². The Balaban J connectivity index is 1.30. The average molecular weight is 383 g/mol. The topological polar surface area (TPSA) is 59.4 Å². The molecule has 4 rings (SSSR count). The summed E-state index contributed by atoms with van der Waals surface area (Å²) in [5.74, 6) is 0.223. The predicted molar refractivity (Wildman–Crippen MR) is 108 cm³/mol. The summed E-state index contributed by atoms with van der Waals surface area (Å²) >= 11 is 0.